The summed E-state index contributed by atoms with van der Waals surface area (Å²) >= 11 is 0. The van der Waals surface area contributed by atoms with Crippen LogP contribution >= 0.6 is 0 Å². The van der Waals surface area contributed by atoms with Crippen molar-refractivity contribution in [3.05, 3.63) is 34.2 Å². The zero-order valence-corrected chi connectivity index (χ0v) is 8.69. The summed E-state index contributed by atoms with van der Waals surface area (Å²) in [6.45, 7) is 0. The molecule has 0 bridgehead atoms. The summed E-state index contributed by atoms with van der Waals surface area (Å²) in [5.41, 5.74) is -1.33. The van der Waals surface area contributed by atoms with Crippen LogP contribution in [0.4, 0.5) is 0 Å². The Bertz CT molecular complexity index is 657. The van der Waals surface area contributed by atoms with Crippen LogP contribution in [0, 0.1) is 0 Å². The second-order valence-electron chi connectivity index (χ2n) is 3.46. The normalized spacial score (nSPS) is 11.9. The predicted octanol–water partition coefficient (Wildman–Crippen LogP) is -0.211. The predicted molar refractivity (Wildman–Crippen MR) is 55.6 cm³/mol. The highest BCUT2D eigenvalue weighted by Crippen LogP contribution is 2.31. The molecule has 0 fully saturated rings. The highest BCUT2D eigenvalue weighted by Gasteiger charge is 2.37. The fraction of sp³-hybridized carbons (Fsp3) is 0.100. The standard InChI is InChI=1S/C10H8O8/c11-4-2-1-3-5-6(4)7(12)8(13)9(17-5)10(14,15)18-16/h1-3,11,13-16H. The number of aliphatic hydroxyl groups is 2. The highest BCUT2D eigenvalue weighted by atomic mass is 17.2. The van der Waals surface area contributed by atoms with Gasteiger partial charge in [0.15, 0.2) is 0 Å². The molecule has 0 aliphatic carbocycles. The van der Waals surface area contributed by atoms with Crippen LogP contribution in [0.25, 0.3) is 11.0 Å². The van der Waals surface area contributed by atoms with Gasteiger partial charge >= 0.3 is 5.97 Å². The van der Waals surface area contributed by atoms with Crippen LogP contribution < -0.4 is 5.43 Å². The third-order valence-corrected chi connectivity index (χ3v) is 2.30. The fourth-order valence-corrected chi connectivity index (χ4v) is 1.47. The minimum Gasteiger partial charge on any atom is -0.507 e. The van der Waals surface area contributed by atoms with E-state index in [0.717, 1.165) is 0 Å². The monoisotopic (exact) mass is 256 g/mol. The Morgan fingerprint density at radius 1 is 1.22 bits per heavy atom. The Kier molecular flexibility index (Phi) is 2.71. The Hall–Kier alpha value is -2.13. The molecular formula is C10H8O8. The van der Waals surface area contributed by atoms with Gasteiger partial charge in [-0.05, 0) is 12.1 Å². The van der Waals surface area contributed by atoms with E-state index >= 15 is 0 Å². The summed E-state index contributed by atoms with van der Waals surface area (Å²) in [6, 6.07) is 3.76. The SMILES string of the molecule is O=c1c(O)c(C(O)(O)OO)oc2cccc(O)c12. The lowest BCUT2D eigenvalue weighted by atomic mass is 10.2. The van der Waals surface area contributed by atoms with E-state index in [1.165, 1.54) is 18.2 Å². The summed E-state index contributed by atoms with van der Waals surface area (Å²) in [6.07, 6.45) is 0. The molecule has 96 valence electrons. The van der Waals surface area contributed by atoms with E-state index in [4.69, 9.17) is 19.9 Å². The zero-order chi connectivity index (χ0) is 13.5. The minimum atomic E-state index is -3.39. The van der Waals surface area contributed by atoms with Crippen LogP contribution in [-0.4, -0.2) is 25.7 Å². The van der Waals surface area contributed by atoms with Gasteiger partial charge in [0, 0.05) is 0 Å². The number of phenolic OH excluding ortho intramolecular Hbond substituents is 1. The molecule has 1 heterocycles. The van der Waals surface area contributed by atoms with Gasteiger partial charge in [-0.3, -0.25) is 4.79 Å². The molecule has 5 N–H and O–H groups in total. The van der Waals surface area contributed by atoms with Crippen molar-refractivity contribution in [1.82, 2.24) is 0 Å². The van der Waals surface area contributed by atoms with E-state index < -0.39 is 28.7 Å². The summed E-state index contributed by atoms with van der Waals surface area (Å²) in [5, 5.41) is 45.1. The van der Waals surface area contributed by atoms with Gasteiger partial charge in [0.25, 0.3) is 0 Å². The van der Waals surface area contributed by atoms with Crippen LogP contribution in [0.2, 0.25) is 0 Å². The highest BCUT2D eigenvalue weighted by molar-refractivity contribution is 5.84. The van der Waals surface area contributed by atoms with Gasteiger partial charge in [0.1, 0.15) is 16.7 Å². The van der Waals surface area contributed by atoms with Crippen molar-refractivity contribution in [2.24, 2.45) is 0 Å². The number of phenols is 1. The average molecular weight is 256 g/mol. The quantitative estimate of drug-likeness (QED) is 0.282. The number of hydrogen-bond donors (Lipinski definition) is 5. The molecule has 0 radical (unpaired) electrons. The summed E-state index contributed by atoms with van der Waals surface area (Å²) < 4.78 is 4.81. The Morgan fingerprint density at radius 3 is 2.50 bits per heavy atom. The summed E-state index contributed by atoms with van der Waals surface area (Å²) in [4.78, 5) is 15.0. The second-order valence-corrected chi connectivity index (χ2v) is 3.46. The molecule has 0 unspecified atom stereocenters. The van der Waals surface area contributed by atoms with E-state index in [0.29, 0.717) is 0 Å². The van der Waals surface area contributed by atoms with Crippen molar-refractivity contribution in [3.63, 3.8) is 0 Å². The van der Waals surface area contributed by atoms with Crippen LogP contribution in [-0.2, 0) is 10.9 Å². The maximum absolute atomic E-state index is 11.7. The number of fused-ring (bicyclic) bond motifs is 1. The molecular weight excluding hydrogens is 248 g/mol. The molecule has 0 aliphatic rings. The first kappa shape index (κ1) is 12.3. The van der Waals surface area contributed by atoms with E-state index in [1.54, 1.807) is 0 Å². The third-order valence-electron chi connectivity index (χ3n) is 2.30. The van der Waals surface area contributed by atoms with E-state index in [9.17, 15) is 15.0 Å². The van der Waals surface area contributed by atoms with Crippen molar-refractivity contribution in [3.8, 4) is 11.5 Å². The lowest BCUT2D eigenvalue weighted by Gasteiger charge is -2.16. The van der Waals surface area contributed by atoms with Gasteiger partial charge in [-0.1, -0.05) is 6.07 Å². The lowest BCUT2D eigenvalue weighted by Crippen LogP contribution is -2.29. The first-order chi connectivity index (χ1) is 8.38. The number of aromatic hydroxyl groups is 2. The van der Waals surface area contributed by atoms with E-state index in [2.05, 4.69) is 4.89 Å². The molecule has 2 rings (SSSR count). The van der Waals surface area contributed by atoms with Crippen LogP contribution in [0.1, 0.15) is 5.76 Å². The minimum absolute atomic E-state index is 0.225. The number of benzene rings is 1. The topological polar surface area (TPSA) is 141 Å². The molecule has 0 atom stereocenters. The third kappa shape index (κ3) is 1.69. The maximum atomic E-state index is 11.7. The molecule has 8 nitrogen and oxygen atoms in total. The van der Waals surface area contributed by atoms with Crippen molar-refractivity contribution >= 4 is 11.0 Å². The molecule has 0 saturated heterocycles. The van der Waals surface area contributed by atoms with E-state index in [1.807, 2.05) is 0 Å². The van der Waals surface area contributed by atoms with Gasteiger partial charge in [-0.25, -0.2) is 5.26 Å². The van der Waals surface area contributed by atoms with Gasteiger partial charge in [0.2, 0.25) is 16.9 Å². The molecule has 0 amide bonds. The molecule has 0 aliphatic heterocycles. The Balaban J connectivity index is 2.89. The van der Waals surface area contributed by atoms with Crippen LogP contribution in [0.5, 0.6) is 11.5 Å². The Labute approximate surface area is 98.5 Å². The smallest absolute Gasteiger partial charge is 0.372 e. The second kappa shape index (κ2) is 3.96. The van der Waals surface area contributed by atoms with Gasteiger partial charge in [0.05, 0.1) is 0 Å². The summed E-state index contributed by atoms with van der Waals surface area (Å²) in [7, 11) is 0. The zero-order valence-electron chi connectivity index (χ0n) is 8.69. The molecule has 0 spiro atoms. The van der Waals surface area contributed by atoms with Crippen molar-refractivity contribution in [2.75, 3.05) is 0 Å². The number of hydrogen-bond acceptors (Lipinski definition) is 8. The van der Waals surface area contributed by atoms with Crippen LogP contribution in [0.15, 0.2) is 27.4 Å². The van der Waals surface area contributed by atoms with Crippen molar-refractivity contribution in [1.29, 1.82) is 0 Å². The van der Waals surface area contributed by atoms with Gasteiger partial charge in [-0.15, -0.1) is 0 Å². The molecule has 0 saturated carbocycles. The number of rotatable bonds is 2. The molecule has 1 aromatic carbocycles. The maximum Gasteiger partial charge on any atom is 0.372 e. The molecule has 2 aromatic rings. The fourth-order valence-electron chi connectivity index (χ4n) is 1.47. The summed E-state index contributed by atoms with van der Waals surface area (Å²) in [5.74, 6) is -6.14. The molecule has 8 heteroatoms. The largest absolute Gasteiger partial charge is 0.507 e. The first-order valence-corrected chi connectivity index (χ1v) is 4.64. The molecule has 1 aromatic heterocycles. The van der Waals surface area contributed by atoms with Gasteiger partial charge < -0.3 is 24.8 Å². The first-order valence-electron chi connectivity index (χ1n) is 4.64. The lowest BCUT2D eigenvalue weighted by molar-refractivity contribution is -0.486. The van der Waals surface area contributed by atoms with Crippen molar-refractivity contribution in [2.45, 2.75) is 5.97 Å². The van der Waals surface area contributed by atoms with Crippen LogP contribution in [0.3, 0.4) is 0 Å². The average Bonchev–Trinajstić information content (AvgIpc) is 2.33. The van der Waals surface area contributed by atoms with Gasteiger partial charge in [-0.2, -0.15) is 4.89 Å². The molecule has 18 heavy (non-hydrogen) atoms. The Morgan fingerprint density at radius 2 is 1.89 bits per heavy atom. The van der Waals surface area contributed by atoms with E-state index in [-0.39, 0.29) is 11.0 Å². The van der Waals surface area contributed by atoms with Crippen molar-refractivity contribution < 1.29 is 35.0 Å².